The van der Waals surface area contributed by atoms with Crippen molar-refractivity contribution in [1.82, 2.24) is 5.32 Å². The molecule has 0 aromatic heterocycles. The van der Waals surface area contributed by atoms with E-state index in [0.29, 0.717) is 10.6 Å². The Bertz CT molecular complexity index is 377. The lowest BCUT2D eigenvalue weighted by Gasteiger charge is -2.14. The van der Waals surface area contributed by atoms with Crippen molar-refractivity contribution in [2.75, 3.05) is 0 Å². The van der Waals surface area contributed by atoms with Crippen molar-refractivity contribution in [1.29, 1.82) is 0 Å². The second-order valence-electron chi connectivity index (χ2n) is 3.62. The van der Waals surface area contributed by atoms with Crippen LogP contribution >= 0.6 is 27.5 Å². The molecule has 0 saturated heterocycles. The van der Waals surface area contributed by atoms with Crippen molar-refractivity contribution in [3.8, 4) is 0 Å². The zero-order valence-electron chi connectivity index (χ0n) is 9.39. The SMILES string of the molecule is CCC(CC)NC(=O)c1ccc(Cl)c(Br)c1. The first-order valence-electron chi connectivity index (χ1n) is 5.34. The highest BCUT2D eigenvalue weighted by Crippen LogP contribution is 2.23. The smallest absolute Gasteiger partial charge is 0.251 e. The Labute approximate surface area is 110 Å². The Hall–Kier alpha value is -0.540. The van der Waals surface area contributed by atoms with Crippen LogP contribution in [-0.4, -0.2) is 11.9 Å². The maximum absolute atomic E-state index is 11.9. The zero-order valence-corrected chi connectivity index (χ0v) is 11.7. The number of rotatable bonds is 4. The van der Waals surface area contributed by atoms with Crippen LogP contribution in [0.3, 0.4) is 0 Å². The zero-order chi connectivity index (χ0) is 12.1. The van der Waals surface area contributed by atoms with Gasteiger partial charge in [-0.3, -0.25) is 4.79 Å². The van der Waals surface area contributed by atoms with Crippen molar-refractivity contribution in [3.05, 3.63) is 33.3 Å². The molecule has 0 aliphatic carbocycles. The summed E-state index contributed by atoms with van der Waals surface area (Å²) in [5.41, 5.74) is 0.628. The fourth-order valence-electron chi connectivity index (χ4n) is 1.40. The first-order chi connectivity index (χ1) is 7.58. The van der Waals surface area contributed by atoms with Gasteiger partial charge in [-0.15, -0.1) is 0 Å². The van der Waals surface area contributed by atoms with Crippen LogP contribution in [0.4, 0.5) is 0 Å². The number of halogens is 2. The molecule has 0 aliphatic heterocycles. The molecular formula is C12H15BrClNO. The minimum absolute atomic E-state index is 0.0499. The molecule has 1 rings (SSSR count). The average molecular weight is 305 g/mol. The van der Waals surface area contributed by atoms with Crippen LogP contribution in [0, 0.1) is 0 Å². The molecule has 0 fully saturated rings. The molecule has 1 amide bonds. The largest absolute Gasteiger partial charge is 0.349 e. The van der Waals surface area contributed by atoms with E-state index in [2.05, 4.69) is 35.1 Å². The van der Waals surface area contributed by atoms with E-state index in [1.807, 2.05) is 0 Å². The van der Waals surface area contributed by atoms with Crippen molar-refractivity contribution in [2.45, 2.75) is 32.7 Å². The van der Waals surface area contributed by atoms with E-state index < -0.39 is 0 Å². The van der Waals surface area contributed by atoms with Gasteiger partial charge >= 0.3 is 0 Å². The lowest BCUT2D eigenvalue weighted by Crippen LogP contribution is -2.33. The molecule has 0 radical (unpaired) electrons. The van der Waals surface area contributed by atoms with Gasteiger partial charge in [0.1, 0.15) is 0 Å². The van der Waals surface area contributed by atoms with Gasteiger partial charge in [0.15, 0.2) is 0 Å². The quantitative estimate of drug-likeness (QED) is 0.894. The molecule has 16 heavy (non-hydrogen) atoms. The van der Waals surface area contributed by atoms with E-state index in [0.717, 1.165) is 17.3 Å². The van der Waals surface area contributed by atoms with Gasteiger partial charge in [-0.2, -0.15) is 0 Å². The number of amides is 1. The average Bonchev–Trinajstić information content (AvgIpc) is 2.29. The van der Waals surface area contributed by atoms with E-state index in [1.165, 1.54) is 0 Å². The Kier molecular flexibility index (Phi) is 5.29. The fourth-order valence-corrected chi connectivity index (χ4v) is 1.90. The molecule has 2 nitrogen and oxygen atoms in total. The third-order valence-corrected chi connectivity index (χ3v) is 3.72. The lowest BCUT2D eigenvalue weighted by molar-refractivity contribution is 0.0935. The molecule has 0 heterocycles. The second kappa shape index (κ2) is 6.26. The summed E-state index contributed by atoms with van der Waals surface area (Å²) in [5.74, 6) is -0.0499. The molecule has 1 aromatic rings. The summed E-state index contributed by atoms with van der Waals surface area (Å²) in [6.45, 7) is 4.12. The van der Waals surface area contributed by atoms with Gasteiger partial charge in [0.25, 0.3) is 5.91 Å². The number of nitrogens with one attached hydrogen (secondary N) is 1. The standard InChI is InChI=1S/C12H15BrClNO/c1-3-9(4-2)15-12(16)8-5-6-11(14)10(13)7-8/h5-7,9H,3-4H2,1-2H3,(H,15,16). The minimum Gasteiger partial charge on any atom is -0.349 e. The van der Waals surface area contributed by atoms with Gasteiger partial charge in [0.05, 0.1) is 5.02 Å². The van der Waals surface area contributed by atoms with E-state index in [4.69, 9.17) is 11.6 Å². The van der Waals surface area contributed by atoms with Crippen LogP contribution in [-0.2, 0) is 0 Å². The summed E-state index contributed by atoms with van der Waals surface area (Å²) in [4.78, 5) is 11.9. The van der Waals surface area contributed by atoms with Gasteiger partial charge in [-0.1, -0.05) is 25.4 Å². The molecule has 4 heteroatoms. The number of hydrogen-bond acceptors (Lipinski definition) is 1. The van der Waals surface area contributed by atoms with E-state index in [9.17, 15) is 4.79 Å². The van der Waals surface area contributed by atoms with Crippen LogP contribution in [0.2, 0.25) is 5.02 Å². The third-order valence-electron chi connectivity index (χ3n) is 2.50. The summed E-state index contributed by atoms with van der Waals surface area (Å²) in [6.07, 6.45) is 1.88. The molecule has 1 aromatic carbocycles. The highest BCUT2D eigenvalue weighted by atomic mass is 79.9. The van der Waals surface area contributed by atoms with Gasteiger partial charge < -0.3 is 5.32 Å². The van der Waals surface area contributed by atoms with E-state index in [1.54, 1.807) is 18.2 Å². The Morgan fingerprint density at radius 2 is 2.06 bits per heavy atom. The molecule has 0 atom stereocenters. The van der Waals surface area contributed by atoms with Crippen molar-refractivity contribution >= 4 is 33.4 Å². The normalized spacial score (nSPS) is 10.6. The van der Waals surface area contributed by atoms with Crippen LogP contribution in [0.5, 0.6) is 0 Å². The number of hydrogen-bond donors (Lipinski definition) is 1. The Balaban J connectivity index is 2.76. The second-order valence-corrected chi connectivity index (χ2v) is 4.88. The van der Waals surface area contributed by atoms with Gasteiger partial charge in [-0.05, 0) is 47.0 Å². The fraction of sp³-hybridized carbons (Fsp3) is 0.417. The van der Waals surface area contributed by atoms with Crippen molar-refractivity contribution in [2.24, 2.45) is 0 Å². The molecule has 0 bridgehead atoms. The highest BCUT2D eigenvalue weighted by Gasteiger charge is 2.11. The Morgan fingerprint density at radius 1 is 1.44 bits per heavy atom. The Morgan fingerprint density at radius 3 is 2.56 bits per heavy atom. The summed E-state index contributed by atoms with van der Waals surface area (Å²) in [5, 5.41) is 3.59. The monoisotopic (exact) mass is 303 g/mol. The summed E-state index contributed by atoms with van der Waals surface area (Å²) >= 11 is 9.17. The minimum atomic E-state index is -0.0499. The van der Waals surface area contributed by atoms with Crippen molar-refractivity contribution in [3.63, 3.8) is 0 Å². The maximum Gasteiger partial charge on any atom is 0.251 e. The third kappa shape index (κ3) is 3.49. The number of carbonyl (C=O) groups is 1. The van der Waals surface area contributed by atoms with Crippen LogP contribution in [0.15, 0.2) is 22.7 Å². The number of benzene rings is 1. The maximum atomic E-state index is 11.9. The van der Waals surface area contributed by atoms with Gasteiger partial charge in [-0.25, -0.2) is 0 Å². The molecular weight excluding hydrogens is 289 g/mol. The topological polar surface area (TPSA) is 29.1 Å². The van der Waals surface area contributed by atoms with Crippen LogP contribution < -0.4 is 5.32 Å². The van der Waals surface area contributed by atoms with E-state index >= 15 is 0 Å². The predicted molar refractivity (Wildman–Crippen MR) is 71.0 cm³/mol. The van der Waals surface area contributed by atoms with Crippen LogP contribution in [0.1, 0.15) is 37.0 Å². The summed E-state index contributed by atoms with van der Waals surface area (Å²) in [7, 11) is 0. The van der Waals surface area contributed by atoms with E-state index in [-0.39, 0.29) is 11.9 Å². The number of carbonyl (C=O) groups excluding carboxylic acids is 1. The molecule has 0 unspecified atom stereocenters. The molecule has 0 aliphatic rings. The molecule has 0 spiro atoms. The molecule has 1 N–H and O–H groups in total. The highest BCUT2D eigenvalue weighted by molar-refractivity contribution is 9.10. The first-order valence-corrected chi connectivity index (χ1v) is 6.51. The first kappa shape index (κ1) is 13.5. The summed E-state index contributed by atoms with van der Waals surface area (Å²) in [6, 6.07) is 5.42. The van der Waals surface area contributed by atoms with Gasteiger partial charge in [0, 0.05) is 16.1 Å². The lowest BCUT2D eigenvalue weighted by atomic mass is 10.1. The molecule has 88 valence electrons. The van der Waals surface area contributed by atoms with Crippen molar-refractivity contribution < 1.29 is 4.79 Å². The molecule has 0 saturated carbocycles. The van der Waals surface area contributed by atoms with Gasteiger partial charge in [0.2, 0.25) is 0 Å². The summed E-state index contributed by atoms with van der Waals surface area (Å²) < 4.78 is 0.742. The van der Waals surface area contributed by atoms with Crippen LogP contribution in [0.25, 0.3) is 0 Å². The predicted octanol–water partition coefficient (Wildman–Crippen LogP) is 4.02.